The molecular formula is C32H32F3NO6. The lowest BCUT2D eigenvalue weighted by Crippen LogP contribution is -2.36. The zero-order chi connectivity index (χ0) is 30.1. The Balaban J connectivity index is 1.51. The topological polar surface area (TPSA) is 105 Å². The van der Waals surface area contributed by atoms with E-state index in [9.17, 15) is 27.9 Å². The molecule has 0 saturated heterocycles. The second-order valence-electron chi connectivity index (χ2n) is 10.1. The van der Waals surface area contributed by atoms with Crippen molar-refractivity contribution in [2.75, 3.05) is 13.2 Å². The molecule has 0 aliphatic heterocycles. The van der Waals surface area contributed by atoms with E-state index >= 15 is 0 Å². The number of carbonyl (C=O) groups excluding carboxylic acids is 1. The van der Waals surface area contributed by atoms with Crippen LogP contribution in [0.4, 0.5) is 13.2 Å². The lowest BCUT2D eigenvalue weighted by Gasteiger charge is -2.22. The molecule has 0 spiro atoms. The quantitative estimate of drug-likeness (QED) is 0.225. The molecule has 0 heterocycles. The van der Waals surface area contributed by atoms with Gasteiger partial charge in [-0.05, 0) is 83.5 Å². The second kappa shape index (κ2) is 14.0. The molecule has 10 heteroatoms. The summed E-state index contributed by atoms with van der Waals surface area (Å²) in [5.41, 5.74) is 4.07. The normalized spacial score (nSPS) is 15.1. The molecule has 0 bridgehead atoms. The number of aliphatic hydroxyl groups excluding tert-OH is 1. The highest BCUT2D eigenvalue weighted by atomic mass is 19.4. The zero-order valence-corrected chi connectivity index (χ0v) is 22.8. The number of nitrogens with one attached hydrogen (secondary N) is 1. The van der Waals surface area contributed by atoms with Gasteiger partial charge in [-0.1, -0.05) is 55.7 Å². The summed E-state index contributed by atoms with van der Waals surface area (Å²) in [4.78, 5) is 23.1. The van der Waals surface area contributed by atoms with Crippen molar-refractivity contribution >= 4 is 23.5 Å². The number of carbonyl (C=O) groups is 2. The van der Waals surface area contributed by atoms with Crippen LogP contribution in [-0.2, 0) is 4.79 Å². The number of aliphatic hydroxyl groups is 1. The molecule has 3 aromatic rings. The van der Waals surface area contributed by atoms with Gasteiger partial charge in [0, 0.05) is 5.56 Å². The minimum Gasteiger partial charge on any atom is -0.489 e. The summed E-state index contributed by atoms with van der Waals surface area (Å²) in [5, 5.41) is 20.5. The maximum atomic E-state index is 12.5. The molecule has 1 fully saturated rings. The fraction of sp³-hybridized carbons (Fsp3) is 0.312. The maximum Gasteiger partial charge on any atom is 0.573 e. The van der Waals surface area contributed by atoms with Crippen LogP contribution < -0.4 is 14.8 Å². The Morgan fingerprint density at radius 3 is 2.07 bits per heavy atom. The highest BCUT2D eigenvalue weighted by molar-refractivity contribution is 5.95. The molecule has 222 valence electrons. The van der Waals surface area contributed by atoms with Crippen LogP contribution in [0.15, 0.2) is 72.8 Å². The Morgan fingerprint density at radius 1 is 0.881 bits per heavy atom. The largest absolute Gasteiger partial charge is 0.573 e. The Hall–Kier alpha value is -4.31. The van der Waals surface area contributed by atoms with Crippen molar-refractivity contribution in [3.63, 3.8) is 0 Å². The number of ether oxygens (including phenoxy) is 2. The van der Waals surface area contributed by atoms with Crippen molar-refractivity contribution < 1.29 is 42.4 Å². The number of carboxylic acids is 1. The number of aliphatic carboxylic acids is 1. The van der Waals surface area contributed by atoms with Crippen LogP contribution >= 0.6 is 0 Å². The Labute approximate surface area is 241 Å². The molecule has 3 aromatic carbocycles. The van der Waals surface area contributed by atoms with Gasteiger partial charge in [-0.25, -0.2) is 4.79 Å². The highest BCUT2D eigenvalue weighted by Gasteiger charge is 2.31. The van der Waals surface area contributed by atoms with Crippen LogP contribution in [0.3, 0.4) is 0 Å². The molecule has 1 amide bonds. The lowest BCUT2D eigenvalue weighted by atomic mass is 9.83. The van der Waals surface area contributed by atoms with E-state index in [1.165, 1.54) is 61.9 Å². The molecule has 1 aliphatic rings. The van der Waals surface area contributed by atoms with Crippen LogP contribution in [0.25, 0.3) is 11.6 Å². The van der Waals surface area contributed by atoms with Gasteiger partial charge in [-0.15, -0.1) is 13.2 Å². The van der Waals surface area contributed by atoms with E-state index in [1.807, 2.05) is 18.2 Å². The summed E-state index contributed by atoms with van der Waals surface area (Å²) < 4.78 is 47.3. The molecule has 3 N–H and O–H groups in total. The maximum absolute atomic E-state index is 12.5. The summed E-state index contributed by atoms with van der Waals surface area (Å²) >= 11 is 0. The molecule has 42 heavy (non-hydrogen) atoms. The monoisotopic (exact) mass is 583 g/mol. The van der Waals surface area contributed by atoms with E-state index in [0.29, 0.717) is 17.2 Å². The molecule has 1 saturated carbocycles. The number of alkyl halides is 3. The van der Waals surface area contributed by atoms with E-state index in [2.05, 4.69) is 22.2 Å². The first-order valence-electron chi connectivity index (χ1n) is 13.7. The molecule has 1 aliphatic carbocycles. The minimum absolute atomic E-state index is 0.123. The van der Waals surface area contributed by atoms with Gasteiger partial charge in [0.1, 0.15) is 18.1 Å². The average molecular weight is 584 g/mol. The standard InChI is InChI=1S/C32H32F3NO6/c33-32(34,35)42-28-16-14-27(15-17-28)41-20-26(24-12-10-23(11-13-24)22-4-2-1-3-5-22)18-21-6-8-25(9-7-21)30(38)36-19-29(37)31(39)40/h6-18,22,29,37H,1-5,19-20H2,(H,36,38)(H,39,40)/b26-18+. The SMILES string of the molecule is O=C(NCC(O)C(=O)O)c1ccc(/C=C(\COc2ccc(OC(F)(F)F)cc2)c2ccc(C3CCCCC3)cc2)cc1. The van der Waals surface area contributed by atoms with Gasteiger partial charge in [0.2, 0.25) is 0 Å². The third-order valence-electron chi connectivity index (χ3n) is 7.06. The van der Waals surface area contributed by atoms with Gasteiger partial charge >= 0.3 is 12.3 Å². The minimum atomic E-state index is -4.78. The van der Waals surface area contributed by atoms with Crippen LogP contribution in [-0.4, -0.2) is 47.7 Å². The average Bonchev–Trinajstić information content (AvgIpc) is 2.98. The third kappa shape index (κ3) is 9.10. The molecular weight excluding hydrogens is 551 g/mol. The Morgan fingerprint density at radius 2 is 1.48 bits per heavy atom. The van der Waals surface area contributed by atoms with Crippen molar-refractivity contribution in [2.45, 2.75) is 50.5 Å². The predicted octanol–water partition coefficient (Wildman–Crippen LogP) is 6.43. The number of hydrogen-bond acceptors (Lipinski definition) is 5. The lowest BCUT2D eigenvalue weighted by molar-refractivity contribution is -0.274. The molecule has 0 radical (unpaired) electrons. The number of rotatable bonds is 11. The van der Waals surface area contributed by atoms with Gasteiger partial charge < -0.3 is 25.0 Å². The van der Waals surface area contributed by atoms with Crippen LogP contribution in [0, 0.1) is 0 Å². The summed E-state index contributed by atoms with van der Waals surface area (Å²) in [7, 11) is 0. The van der Waals surface area contributed by atoms with Crippen LogP contribution in [0.5, 0.6) is 11.5 Å². The summed E-state index contributed by atoms with van der Waals surface area (Å²) in [6.07, 6.45) is 1.50. The van der Waals surface area contributed by atoms with Gasteiger partial charge in [0.05, 0.1) is 6.54 Å². The van der Waals surface area contributed by atoms with Gasteiger partial charge in [-0.3, -0.25) is 4.79 Å². The third-order valence-corrected chi connectivity index (χ3v) is 7.06. The first-order chi connectivity index (χ1) is 20.1. The van der Waals surface area contributed by atoms with E-state index in [-0.39, 0.29) is 12.4 Å². The van der Waals surface area contributed by atoms with Crippen molar-refractivity contribution in [1.29, 1.82) is 0 Å². The fourth-order valence-electron chi connectivity index (χ4n) is 4.82. The van der Waals surface area contributed by atoms with Gasteiger partial charge in [0.15, 0.2) is 6.10 Å². The van der Waals surface area contributed by atoms with Crippen molar-refractivity contribution in [2.24, 2.45) is 0 Å². The number of halogens is 3. The number of benzene rings is 3. The summed E-state index contributed by atoms with van der Waals surface area (Å²) in [6, 6.07) is 20.1. The highest BCUT2D eigenvalue weighted by Crippen LogP contribution is 2.33. The first kappa shape index (κ1) is 30.6. The summed E-state index contributed by atoms with van der Waals surface area (Å²) in [6.45, 7) is -0.297. The smallest absolute Gasteiger partial charge is 0.489 e. The van der Waals surface area contributed by atoms with Crippen LogP contribution in [0.1, 0.15) is 65.1 Å². The van der Waals surface area contributed by atoms with Crippen molar-refractivity contribution in [3.05, 3.63) is 95.1 Å². The van der Waals surface area contributed by atoms with Crippen molar-refractivity contribution in [1.82, 2.24) is 5.32 Å². The first-order valence-corrected chi connectivity index (χ1v) is 13.7. The second-order valence-corrected chi connectivity index (χ2v) is 10.1. The van der Waals surface area contributed by atoms with Gasteiger partial charge in [-0.2, -0.15) is 0 Å². The van der Waals surface area contributed by atoms with E-state index in [4.69, 9.17) is 9.84 Å². The predicted molar refractivity (Wildman–Crippen MR) is 151 cm³/mol. The summed E-state index contributed by atoms with van der Waals surface area (Å²) in [5.74, 6) is -1.38. The van der Waals surface area contributed by atoms with Gasteiger partial charge in [0.25, 0.3) is 5.91 Å². The number of amides is 1. The molecule has 1 unspecified atom stereocenters. The van der Waals surface area contributed by atoms with Crippen LogP contribution in [0.2, 0.25) is 0 Å². The van der Waals surface area contributed by atoms with Crippen molar-refractivity contribution in [3.8, 4) is 11.5 Å². The van der Waals surface area contributed by atoms with E-state index in [0.717, 1.165) is 16.7 Å². The van der Waals surface area contributed by atoms with E-state index in [1.54, 1.807) is 24.3 Å². The molecule has 0 aromatic heterocycles. The molecule has 4 rings (SSSR count). The Bertz CT molecular complexity index is 1360. The number of hydrogen-bond donors (Lipinski definition) is 3. The zero-order valence-electron chi connectivity index (χ0n) is 22.8. The Kier molecular flexibility index (Phi) is 10.2. The molecule has 7 nitrogen and oxygen atoms in total. The fourth-order valence-corrected chi connectivity index (χ4v) is 4.82. The number of carboxylic acid groups (broad SMARTS) is 1. The molecule has 1 atom stereocenters. The van der Waals surface area contributed by atoms with E-state index < -0.39 is 30.9 Å².